The van der Waals surface area contributed by atoms with E-state index in [0.29, 0.717) is 16.2 Å². The van der Waals surface area contributed by atoms with E-state index in [4.69, 9.17) is 4.74 Å². The van der Waals surface area contributed by atoms with Gasteiger partial charge in [0.1, 0.15) is 11.8 Å². The summed E-state index contributed by atoms with van der Waals surface area (Å²) in [5, 5.41) is 12.2. The summed E-state index contributed by atoms with van der Waals surface area (Å²) >= 11 is 0. The van der Waals surface area contributed by atoms with Crippen LogP contribution in [0.3, 0.4) is 0 Å². The molecule has 0 aliphatic carbocycles. The van der Waals surface area contributed by atoms with Crippen LogP contribution in [0, 0.1) is 10.1 Å². The van der Waals surface area contributed by atoms with Gasteiger partial charge < -0.3 is 4.74 Å². The van der Waals surface area contributed by atoms with Gasteiger partial charge in [-0.05, 0) is 35.9 Å². The Hall–Kier alpha value is -3.95. The number of pyridine rings is 1. The number of benzene rings is 2. The molecule has 0 unspecified atom stereocenters. The van der Waals surface area contributed by atoms with E-state index < -0.39 is 29.1 Å². The van der Waals surface area contributed by atoms with Gasteiger partial charge in [0.15, 0.2) is 0 Å². The minimum atomic E-state index is -5.27. The predicted octanol–water partition coefficient (Wildman–Crippen LogP) is 4.61. The van der Waals surface area contributed by atoms with Crippen molar-refractivity contribution in [1.82, 2.24) is 4.98 Å². The third kappa shape index (κ3) is 5.65. The highest BCUT2D eigenvalue weighted by Gasteiger charge is 2.50. The van der Waals surface area contributed by atoms with Crippen molar-refractivity contribution in [1.29, 1.82) is 0 Å². The van der Waals surface area contributed by atoms with Gasteiger partial charge in [-0.2, -0.15) is 13.2 Å². The third-order valence-corrected chi connectivity index (χ3v) is 5.04. The van der Waals surface area contributed by atoms with Gasteiger partial charge in [0.25, 0.3) is 0 Å². The Morgan fingerprint density at radius 3 is 2.27 bits per heavy atom. The summed E-state index contributed by atoms with van der Waals surface area (Å²) in [5.41, 5.74) is 0.484. The Labute approximate surface area is 187 Å². The van der Waals surface area contributed by atoms with Crippen LogP contribution < -0.4 is 9.64 Å². The summed E-state index contributed by atoms with van der Waals surface area (Å²) in [6.07, 6.45) is -2.85. The monoisotopic (exact) mass is 459 g/mol. The lowest BCUT2D eigenvalue weighted by Crippen LogP contribution is -2.49. The highest BCUT2D eigenvalue weighted by atomic mass is 19.4. The predicted molar refractivity (Wildman–Crippen MR) is 114 cm³/mol. The Balaban J connectivity index is 2.20. The van der Waals surface area contributed by atoms with Gasteiger partial charge in [-0.25, -0.2) is 0 Å². The fourth-order valence-electron chi connectivity index (χ4n) is 3.53. The zero-order chi connectivity index (χ0) is 24.0. The quantitative estimate of drug-likeness (QED) is 0.363. The Morgan fingerprint density at radius 1 is 1.09 bits per heavy atom. The van der Waals surface area contributed by atoms with E-state index in [-0.39, 0.29) is 17.7 Å². The second kappa shape index (κ2) is 10.1. The minimum absolute atomic E-state index is 0.101. The first-order valence-electron chi connectivity index (χ1n) is 9.84. The molecular formula is C23H20F3N3O4. The molecule has 2 aromatic carbocycles. The molecule has 0 bridgehead atoms. The molecule has 0 spiro atoms. The van der Waals surface area contributed by atoms with Crippen LogP contribution in [0.2, 0.25) is 0 Å². The summed E-state index contributed by atoms with van der Waals surface area (Å²) < 4.78 is 46.1. The van der Waals surface area contributed by atoms with E-state index in [2.05, 4.69) is 4.98 Å². The molecule has 0 N–H and O–H groups in total. The van der Waals surface area contributed by atoms with Crippen LogP contribution in [-0.4, -0.2) is 35.1 Å². The molecule has 1 amide bonds. The van der Waals surface area contributed by atoms with Crippen molar-refractivity contribution in [3.8, 4) is 5.75 Å². The van der Waals surface area contributed by atoms with Crippen molar-refractivity contribution in [2.45, 2.75) is 24.7 Å². The number of carbonyl (C=O) groups excluding carboxylic acids is 1. The lowest BCUT2D eigenvalue weighted by atomic mass is 9.93. The number of anilines is 1. The number of nitrogens with zero attached hydrogens (tertiary/aromatic N) is 3. The third-order valence-electron chi connectivity index (χ3n) is 5.04. The molecule has 1 aromatic heterocycles. The molecule has 0 aliphatic rings. The van der Waals surface area contributed by atoms with Crippen molar-refractivity contribution in [2.24, 2.45) is 0 Å². The van der Waals surface area contributed by atoms with Crippen LogP contribution in [0.4, 0.5) is 18.9 Å². The molecule has 0 saturated heterocycles. The van der Waals surface area contributed by atoms with Crippen LogP contribution >= 0.6 is 0 Å². The lowest BCUT2D eigenvalue weighted by molar-refractivity contribution is -0.526. The molecule has 0 fully saturated rings. The number of hydrogen-bond donors (Lipinski definition) is 0. The average molecular weight is 459 g/mol. The van der Waals surface area contributed by atoms with E-state index in [1.54, 1.807) is 30.3 Å². The zero-order valence-corrected chi connectivity index (χ0v) is 17.5. The average Bonchev–Trinajstić information content (AvgIpc) is 2.81. The number of hydrogen-bond acceptors (Lipinski definition) is 5. The van der Waals surface area contributed by atoms with Crippen LogP contribution in [0.5, 0.6) is 5.75 Å². The van der Waals surface area contributed by atoms with Crippen molar-refractivity contribution in [3.63, 3.8) is 0 Å². The highest BCUT2D eigenvalue weighted by molar-refractivity contribution is 5.98. The Morgan fingerprint density at radius 2 is 1.76 bits per heavy atom. The van der Waals surface area contributed by atoms with Gasteiger partial charge in [0.2, 0.25) is 6.04 Å². The number of rotatable bonds is 8. The van der Waals surface area contributed by atoms with Crippen LogP contribution in [0.1, 0.15) is 17.2 Å². The molecule has 7 nitrogen and oxygen atoms in total. The standard InChI is InChI=1S/C23H20F3N3O4/c1-33-19-11-9-18(10-12-19)28(22(30)23(24,25)26)21(17-8-5-13-27-15-17)20(29(31)32)14-16-6-3-2-4-7-16/h2-13,15,20-21H,14H2,1H3/t20-,21+/m1/s1. The Kier molecular flexibility index (Phi) is 7.27. The van der Waals surface area contributed by atoms with Gasteiger partial charge in [0.05, 0.1) is 7.11 Å². The second-order valence-corrected chi connectivity index (χ2v) is 7.14. The Bertz CT molecular complexity index is 1080. The van der Waals surface area contributed by atoms with Gasteiger partial charge in [0, 0.05) is 35.0 Å². The minimum Gasteiger partial charge on any atom is -0.497 e. The second-order valence-electron chi connectivity index (χ2n) is 7.14. The largest absolute Gasteiger partial charge is 0.497 e. The van der Waals surface area contributed by atoms with Crippen molar-refractivity contribution >= 4 is 11.6 Å². The maximum absolute atomic E-state index is 13.7. The summed E-state index contributed by atoms with van der Waals surface area (Å²) in [6, 6.07) is 13.3. The molecular weight excluding hydrogens is 439 g/mol. The fraction of sp³-hybridized carbons (Fsp3) is 0.217. The van der Waals surface area contributed by atoms with Gasteiger partial charge in [-0.1, -0.05) is 36.4 Å². The molecule has 33 heavy (non-hydrogen) atoms. The van der Waals surface area contributed by atoms with E-state index in [0.717, 1.165) is 0 Å². The number of halogens is 3. The first-order valence-corrected chi connectivity index (χ1v) is 9.84. The number of nitro groups is 1. The van der Waals surface area contributed by atoms with Crippen molar-refractivity contribution in [3.05, 3.63) is 100 Å². The van der Waals surface area contributed by atoms with E-state index >= 15 is 0 Å². The summed E-state index contributed by atoms with van der Waals surface area (Å²) in [6.45, 7) is 0. The smallest absolute Gasteiger partial charge is 0.471 e. The first kappa shape index (κ1) is 23.7. The first-order chi connectivity index (χ1) is 15.7. The topological polar surface area (TPSA) is 85.6 Å². The van der Waals surface area contributed by atoms with E-state index in [1.165, 1.54) is 55.9 Å². The van der Waals surface area contributed by atoms with Gasteiger partial charge in [-0.15, -0.1) is 0 Å². The molecule has 1 heterocycles. The summed E-state index contributed by atoms with van der Waals surface area (Å²) in [4.78, 5) is 28.5. The molecule has 2 atom stereocenters. The van der Waals surface area contributed by atoms with Crippen molar-refractivity contribution < 1.29 is 27.6 Å². The summed E-state index contributed by atoms with van der Waals surface area (Å²) in [5.74, 6) is -1.87. The molecule has 172 valence electrons. The zero-order valence-electron chi connectivity index (χ0n) is 17.5. The molecule has 0 saturated carbocycles. The fourth-order valence-corrected chi connectivity index (χ4v) is 3.53. The van der Waals surface area contributed by atoms with Crippen LogP contribution in [-0.2, 0) is 11.2 Å². The number of amides is 1. The number of alkyl halides is 3. The highest BCUT2D eigenvalue weighted by Crippen LogP contribution is 2.36. The maximum atomic E-state index is 13.7. The van der Waals surface area contributed by atoms with Crippen LogP contribution in [0.25, 0.3) is 0 Å². The summed E-state index contributed by atoms with van der Waals surface area (Å²) in [7, 11) is 1.38. The number of carbonyl (C=O) groups is 1. The SMILES string of the molecule is COc1ccc(N(C(=O)C(F)(F)F)[C@@H](c2cccnc2)[C@@H](Cc2ccccc2)[N+](=O)[O-])cc1. The lowest BCUT2D eigenvalue weighted by Gasteiger charge is -2.34. The molecule has 10 heteroatoms. The normalized spacial score (nSPS) is 13.1. The number of aromatic nitrogens is 1. The number of methoxy groups -OCH3 is 1. The van der Waals surface area contributed by atoms with E-state index in [1.807, 2.05) is 0 Å². The number of ether oxygens (including phenoxy) is 1. The molecule has 3 rings (SSSR count). The van der Waals surface area contributed by atoms with Crippen molar-refractivity contribution in [2.75, 3.05) is 12.0 Å². The van der Waals surface area contributed by atoms with Gasteiger partial charge in [-0.3, -0.25) is 24.8 Å². The molecule has 0 aliphatic heterocycles. The van der Waals surface area contributed by atoms with Gasteiger partial charge >= 0.3 is 12.1 Å². The van der Waals surface area contributed by atoms with Crippen LogP contribution in [0.15, 0.2) is 79.1 Å². The maximum Gasteiger partial charge on any atom is 0.471 e. The van der Waals surface area contributed by atoms with E-state index in [9.17, 15) is 28.1 Å². The molecule has 0 radical (unpaired) electrons. The molecule has 3 aromatic rings.